The highest BCUT2D eigenvalue weighted by Gasteiger charge is 2.30. The van der Waals surface area contributed by atoms with Crippen LogP contribution in [0.15, 0.2) is 71.8 Å². The zero-order valence-corrected chi connectivity index (χ0v) is 19.2. The van der Waals surface area contributed by atoms with Gasteiger partial charge in [-0.25, -0.2) is 10.2 Å². The summed E-state index contributed by atoms with van der Waals surface area (Å²) < 4.78 is 48.9. The van der Waals surface area contributed by atoms with E-state index in [2.05, 4.69) is 10.4 Å². The number of methoxy groups -OCH3 is 1. The van der Waals surface area contributed by atoms with Crippen molar-refractivity contribution in [3.63, 3.8) is 0 Å². The number of amides is 2. The van der Waals surface area contributed by atoms with Gasteiger partial charge in [0.1, 0.15) is 0 Å². The molecule has 0 radical (unpaired) electrons. The Morgan fingerprint density at radius 1 is 0.944 bits per heavy atom. The third-order valence-electron chi connectivity index (χ3n) is 4.50. The van der Waals surface area contributed by atoms with Crippen LogP contribution >= 0.6 is 11.6 Å². The number of nitrogens with one attached hydrogen (secondary N) is 2. The molecule has 0 aliphatic rings. The first-order valence-electron chi connectivity index (χ1n) is 10.0. The molecule has 3 aromatic rings. The Bertz CT molecular complexity index is 1310. The molecule has 0 unspecified atom stereocenters. The molecule has 186 valence electrons. The summed E-state index contributed by atoms with van der Waals surface area (Å²) in [5, 5.41) is 6.17. The molecule has 0 aliphatic carbocycles. The molecule has 2 N–H and O–H groups in total. The molecule has 0 aliphatic heterocycles. The first kappa shape index (κ1) is 26.2. The maximum atomic E-state index is 12.8. The minimum Gasteiger partial charge on any atom is -0.493 e. The van der Waals surface area contributed by atoms with Crippen LogP contribution in [0.2, 0.25) is 5.02 Å². The summed E-state index contributed by atoms with van der Waals surface area (Å²) in [6.45, 7) is 0. The van der Waals surface area contributed by atoms with E-state index < -0.39 is 29.5 Å². The van der Waals surface area contributed by atoms with Gasteiger partial charge in [0, 0.05) is 10.7 Å². The van der Waals surface area contributed by atoms with Crippen molar-refractivity contribution in [1.82, 2.24) is 5.43 Å². The summed E-state index contributed by atoms with van der Waals surface area (Å²) in [5.74, 6) is -2.74. The molecular weight excluding hydrogens is 503 g/mol. The van der Waals surface area contributed by atoms with Gasteiger partial charge in [0.05, 0.1) is 24.5 Å². The van der Waals surface area contributed by atoms with Crippen LogP contribution in [0.4, 0.5) is 18.9 Å². The molecule has 0 atom stereocenters. The zero-order valence-electron chi connectivity index (χ0n) is 18.4. The van der Waals surface area contributed by atoms with Crippen molar-refractivity contribution in [1.29, 1.82) is 0 Å². The van der Waals surface area contributed by atoms with Gasteiger partial charge in [-0.15, -0.1) is 0 Å². The number of anilines is 1. The number of carbonyl (C=O) groups excluding carboxylic acids is 3. The van der Waals surface area contributed by atoms with Crippen molar-refractivity contribution in [3.05, 3.63) is 88.4 Å². The molecule has 12 heteroatoms. The molecule has 0 saturated heterocycles. The lowest BCUT2D eigenvalue weighted by atomic mass is 10.2. The Labute approximate surface area is 207 Å². The number of hydrogen-bond acceptors (Lipinski definition) is 6. The smallest absolute Gasteiger partial charge is 0.416 e. The van der Waals surface area contributed by atoms with E-state index in [9.17, 15) is 27.6 Å². The first-order valence-corrected chi connectivity index (χ1v) is 10.4. The molecule has 0 spiro atoms. The van der Waals surface area contributed by atoms with Gasteiger partial charge < -0.3 is 14.8 Å². The van der Waals surface area contributed by atoms with Gasteiger partial charge in [-0.2, -0.15) is 18.3 Å². The van der Waals surface area contributed by atoms with Crippen molar-refractivity contribution >= 4 is 41.3 Å². The average Bonchev–Trinajstić information content (AvgIpc) is 2.84. The zero-order chi connectivity index (χ0) is 26.3. The Hall–Kier alpha value is -4.38. The predicted octanol–water partition coefficient (Wildman–Crippen LogP) is 4.68. The van der Waals surface area contributed by atoms with Crippen LogP contribution in [-0.4, -0.2) is 31.1 Å². The lowest BCUT2D eigenvalue weighted by Crippen LogP contribution is -2.32. The van der Waals surface area contributed by atoms with Gasteiger partial charge in [-0.05, 0) is 66.2 Å². The molecule has 0 saturated carbocycles. The number of esters is 1. The van der Waals surface area contributed by atoms with Crippen LogP contribution in [0.25, 0.3) is 0 Å². The summed E-state index contributed by atoms with van der Waals surface area (Å²) in [5.41, 5.74) is 1.47. The standard InChI is InChI=1S/C24H17ClF3N3O5/c1-35-20-11-14(5-10-19(20)36-23(34)15-6-8-17(25)9-7-15)13-29-31-22(33)21(32)30-18-4-2-3-16(12-18)24(26,27)28/h2-13H,1H3,(H,30,32)(H,31,33)/b29-13+. The summed E-state index contributed by atoms with van der Waals surface area (Å²) in [7, 11) is 1.36. The van der Waals surface area contributed by atoms with Crippen molar-refractivity contribution in [2.24, 2.45) is 5.10 Å². The van der Waals surface area contributed by atoms with E-state index in [1.54, 1.807) is 12.1 Å². The largest absolute Gasteiger partial charge is 0.493 e. The number of ether oxygens (including phenoxy) is 2. The van der Waals surface area contributed by atoms with Crippen LogP contribution < -0.4 is 20.2 Å². The molecule has 2 amide bonds. The fourth-order valence-corrected chi connectivity index (χ4v) is 2.90. The van der Waals surface area contributed by atoms with Crippen LogP contribution in [0, 0.1) is 0 Å². The van der Waals surface area contributed by atoms with Crippen molar-refractivity contribution in [2.45, 2.75) is 6.18 Å². The van der Waals surface area contributed by atoms with Crippen LogP contribution in [0.1, 0.15) is 21.5 Å². The topological polar surface area (TPSA) is 106 Å². The number of rotatable bonds is 6. The summed E-state index contributed by atoms with van der Waals surface area (Å²) in [6.07, 6.45) is -3.42. The van der Waals surface area contributed by atoms with E-state index in [0.29, 0.717) is 16.7 Å². The number of nitrogens with zero attached hydrogens (tertiary/aromatic N) is 1. The van der Waals surface area contributed by atoms with E-state index in [-0.39, 0.29) is 22.7 Å². The van der Waals surface area contributed by atoms with Crippen molar-refractivity contribution in [3.8, 4) is 11.5 Å². The summed E-state index contributed by atoms with van der Waals surface area (Å²) in [6, 6.07) is 14.3. The number of benzene rings is 3. The molecular formula is C24H17ClF3N3O5. The number of hydrazone groups is 1. The first-order chi connectivity index (χ1) is 17.1. The van der Waals surface area contributed by atoms with Gasteiger partial charge in [0.25, 0.3) is 0 Å². The monoisotopic (exact) mass is 519 g/mol. The Morgan fingerprint density at radius 3 is 2.33 bits per heavy atom. The maximum absolute atomic E-state index is 12.8. The van der Waals surface area contributed by atoms with Gasteiger partial charge in [-0.3, -0.25) is 9.59 Å². The number of alkyl halides is 3. The Balaban J connectivity index is 1.60. The quantitative estimate of drug-likeness (QED) is 0.162. The normalized spacial score (nSPS) is 11.1. The summed E-state index contributed by atoms with van der Waals surface area (Å²) in [4.78, 5) is 36.2. The highest BCUT2D eigenvalue weighted by atomic mass is 35.5. The van der Waals surface area contributed by atoms with Gasteiger partial charge in [0.2, 0.25) is 0 Å². The number of carbonyl (C=O) groups is 3. The molecule has 8 nitrogen and oxygen atoms in total. The minimum atomic E-state index is -4.60. The van der Waals surface area contributed by atoms with Crippen molar-refractivity contribution < 1.29 is 37.0 Å². The van der Waals surface area contributed by atoms with Crippen molar-refractivity contribution in [2.75, 3.05) is 12.4 Å². The number of halogens is 4. The number of hydrogen-bond donors (Lipinski definition) is 2. The fraction of sp³-hybridized carbons (Fsp3) is 0.0833. The molecule has 3 rings (SSSR count). The molecule has 0 bridgehead atoms. The molecule has 3 aromatic carbocycles. The second kappa shape index (κ2) is 11.4. The second-order valence-electron chi connectivity index (χ2n) is 7.04. The van der Waals surface area contributed by atoms with E-state index in [1.807, 2.05) is 5.43 Å². The predicted molar refractivity (Wildman–Crippen MR) is 125 cm³/mol. The third-order valence-corrected chi connectivity index (χ3v) is 4.76. The SMILES string of the molecule is COc1cc(/C=N/NC(=O)C(=O)Nc2cccc(C(F)(F)F)c2)ccc1OC(=O)c1ccc(Cl)cc1. The Morgan fingerprint density at radius 2 is 1.67 bits per heavy atom. The fourth-order valence-electron chi connectivity index (χ4n) is 2.77. The van der Waals surface area contributed by atoms with Gasteiger partial charge in [0.15, 0.2) is 11.5 Å². The van der Waals surface area contributed by atoms with Gasteiger partial charge in [-0.1, -0.05) is 17.7 Å². The van der Waals surface area contributed by atoms with E-state index in [0.717, 1.165) is 12.1 Å². The lowest BCUT2D eigenvalue weighted by molar-refractivity contribution is -0.137. The summed E-state index contributed by atoms with van der Waals surface area (Å²) >= 11 is 5.81. The van der Waals surface area contributed by atoms with Crippen LogP contribution in [0.3, 0.4) is 0 Å². The minimum absolute atomic E-state index is 0.124. The molecule has 0 aromatic heterocycles. The van der Waals surface area contributed by atoms with E-state index in [1.165, 1.54) is 49.7 Å². The lowest BCUT2D eigenvalue weighted by Gasteiger charge is -2.10. The maximum Gasteiger partial charge on any atom is 0.416 e. The Kier molecular flexibility index (Phi) is 8.28. The second-order valence-corrected chi connectivity index (χ2v) is 7.47. The highest BCUT2D eigenvalue weighted by molar-refractivity contribution is 6.39. The molecule has 36 heavy (non-hydrogen) atoms. The van der Waals surface area contributed by atoms with E-state index in [4.69, 9.17) is 21.1 Å². The van der Waals surface area contributed by atoms with E-state index >= 15 is 0 Å². The van der Waals surface area contributed by atoms with Crippen LogP contribution in [-0.2, 0) is 15.8 Å². The molecule has 0 heterocycles. The molecule has 0 fully saturated rings. The van der Waals surface area contributed by atoms with Crippen LogP contribution in [0.5, 0.6) is 11.5 Å². The third kappa shape index (κ3) is 7.06. The highest BCUT2D eigenvalue weighted by Crippen LogP contribution is 2.31. The van der Waals surface area contributed by atoms with Gasteiger partial charge >= 0.3 is 24.0 Å². The average molecular weight is 520 g/mol.